The molecule has 1 fully saturated rings. The van der Waals surface area contributed by atoms with Crippen LogP contribution in [0.25, 0.3) is 10.9 Å². The Labute approximate surface area is 213 Å². The molecule has 1 saturated heterocycles. The summed E-state index contributed by atoms with van der Waals surface area (Å²) in [4.78, 5) is 22.8. The molecule has 0 spiro atoms. The Hall–Kier alpha value is -3.03. The number of unbranched alkanes of at least 4 members (excludes halogenated alkanes) is 1. The van der Waals surface area contributed by atoms with Gasteiger partial charge in [0, 0.05) is 36.4 Å². The van der Waals surface area contributed by atoms with Crippen LogP contribution in [-0.4, -0.2) is 57.8 Å². The molecule has 3 heterocycles. The molecule has 1 aliphatic rings. The van der Waals surface area contributed by atoms with Gasteiger partial charge in [0.2, 0.25) is 0 Å². The van der Waals surface area contributed by atoms with E-state index in [9.17, 15) is 15.0 Å². The number of rotatable bonds is 12. The summed E-state index contributed by atoms with van der Waals surface area (Å²) in [7, 11) is 1.63. The van der Waals surface area contributed by atoms with Crippen molar-refractivity contribution in [3.63, 3.8) is 0 Å². The van der Waals surface area contributed by atoms with Gasteiger partial charge in [0.25, 0.3) is 0 Å². The van der Waals surface area contributed by atoms with Gasteiger partial charge in [-0.2, -0.15) is 0 Å². The predicted molar refractivity (Wildman–Crippen MR) is 140 cm³/mol. The predicted octanol–water partition coefficient (Wildman–Crippen LogP) is 4.89. The van der Waals surface area contributed by atoms with Crippen molar-refractivity contribution in [1.82, 2.24) is 14.9 Å². The van der Waals surface area contributed by atoms with Crippen LogP contribution in [0.2, 0.25) is 0 Å². The van der Waals surface area contributed by atoms with Gasteiger partial charge in [0.1, 0.15) is 5.75 Å². The highest BCUT2D eigenvalue weighted by Gasteiger charge is 2.31. The lowest BCUT2D eigenvalue weighted by Gasteiger charge is -2.38. The van der Waals surface area contributed by atoms with Gasteiger partial charge in [-0.05, 0) is 105 Å². The van der Waals surface area contributed by atoms with Gasteiger partial charge in [0.05, 0.1) is 18.7 Å². The summed E-state index contributed by atoms with van der Waals surface area (Å²) >= 11 is 0. The molecule has 3 aromatic rings. The lowest BCUT2D eigenvalue weighted by Crippen LogP contribution is -2.41. The van der Waals surface area contributed by atoms with Crippen LogP contribution in [0.3, 0.4) is 0 Å². The topological polar surface area (TPSA) is 95.8 Å². The number of aliphatic carboxylic acids is 1. The number of fused-ring (bicyclic) bond motifs is 1. The van der Waals surface area contributed by atoms with Crippen LogP contribution in [0.5, 0.6) is 5.75 Å². The molecule has 7 nitrogen and oxygen atoms in total. The first-order valence-corrected chi connectivity index (χ1v) is 13.0. The van der Waals surface area contributed by atoms with Crippen LogP contribution < -0.4 is 4.74 Å². The molecule has 2 N–H and O–H groups in total. The maximum Gasteiger partial charge on any atom is 0.303 e. The van der Waals surface area contributed by atoms with Gasteiger partial charge in [0.15, 0.2) is 0 Å². The standard InChI is InChI=1S/C29H37N3O4/c1-36-24-9-10-27-26(19-24)25(12-15-31-27)28(33)11-8-21-13-17-32(20-22(21)18-29(34)35)16-5-3-7-23-6-2-4-14-30-23/h2,4,6,9-10,12,14-15,19,21-22,28,33H,3,5,7-8,11,13,16-18,20H2,1H3,(H,34,35)/t21-,22+,28-/m1/s1. The van der Waals surface area contributed by atoms with E-state index >= 15 is 0 Å². The van der Waals surface area contributed by atoms with Crippen molar-refractivity contribution in [3.05, 3.63) is 66.1 Å². The minimum atomic E-state index is -0.741. The van der Waals surface area contributed by atoms with E-state index in [1.165, 1.54) is 0 Å². The van der Waals surface area contributed by atoms with E-state index in [1.807, 2.05) is 42.6 Å². The second-order valence-electron chi connectivity index (χ2n) is 9.86. The second kappa shape index (κ2) is 12.8. The lowest BCUT2D eigenvalue weighted by atomic mass is 9.79. The Morgan fingerprint density at radius 1 is 1.14 bits per heavy atom. The Balaban J connectivity index is 1.31. The number of aromatic nitrogens is 2. The molecule has 0 amide bonds. The molecule has 192 valence electrons. The van der Waals surface area contributed by atoms with Gasteiger partial charge in [-0.15, -0.1) is 0 Å². The highest BCUT2D eigenvalue weighted by molar-refractivity contribution is 5.83. The third-order valence-corrected chi connectivity index (χ3v) is 7.45. The first kappa shape index (κ1) is 26.0. The molecule has 0 aliphatic carbocycles. The number of hydrogen-bond acceptors (Lipinski definition) is 6. The number of carboxylic acids is 1. The zero-order valence-corrected chi connectivity index (χ0v) is 21.1. The van der Waals surface area contributed by atoms with E-state index in [4.69, 9.17) is 4.74 Å². The van der Waals surface area contributed by atoms with Gasteiger partial charge in [-0.1, -0.05) is 6.07 Å². The normalized spacial score (nSPS) is 19.3. The molecule has 2 aromatic heterocycles. The Morgan fingerprint density at radius 2 is 2.03 bits per heavy atom. The zero-order chi connectivity index (χ0) is 25.3. The number of methoxy groups -OCH3 is 1. The van der Waals surface area contributed by atoms with E-state index in [0.717, 1.165) is 79.6 Å². The average Bonchev–Trinajstić information content (AvgIpc) is 2.90. The SMILES string of the molecule is COc1ccc2nccc([C@H](O)CC[C@@H]3CCN(CCCCc4ccccn4)C[C@@H]3CC(=O)O)c2c1. The van der Waals surface area contributed by atoms with Gasteiger partial charge in [-0.3, -0.25) is 14.8 Å². The first-order chi connectivity index (χ1) is 17.5. The van der Waals surface area contributed by atoms with Crippen LogP contribution >= 0.6 is 0 Å². The van der Waals surface area contributed by atoms with Crippen LogP contribution in [0, 0.1) is 11.8 Å². The number of aliphatic hydroxyl groups excluding tert-OH is 1. The van der Waals surface area contributed by atoms with Gasteiger partial charge in [-0.25, -0.2) is 0 Å². The molecule has 1 aromatic carbocycles. The minimum absolute atomic E-state index is 0.105. The molecule has 4 rings (SSSR count). The van der Waals surface area contributed by atoms with E-state index in [2.05, 4.69) is 20.9 Å². The summed E-state index contributed by atoms with van der Waals surface area (Å²) < 4.78 is 5.36. The fourth-order valence-electron chi connectivity index (χ4n) is 5.47. The molecule has 1 aliphatic heterocycles. The molecule has 7 heteroatoms. The number of carboxylic acid groups (broad SMARTS) is 1. The van der Waals surface area contributed by atoms with Crippen molar-refractivity contribution in [1.29, 1.82) is 0 Å². The summed E-state index contributed by atoms with van der Waals surface area (Å²) in [5.41, 5.74) is 2.80. The molecule has 36 heavy (non-hydrogen) atoms. The molecule has 0 radical (unpaired) electrons. The maximum absolute atomic E-state index is 11.6. The van der Waals surface area contributed by atoms with E-state index in [1.54, 1.807) is 13.3 Å². The zero-order valence-electron chi connectivity index (χ0n) is 21.1. The number of carbonyl (C=O) groups is 1. The minimum Gasteiger partial charge on any atom is -0.497 e. The summed E-state index contributed by atoms with van der Waals surface area (Å²) in [5.74, 6) is 0.393. The fraction of sp³-hybridized carbons (Fsp3) is 0.483. The molecule has 0 saturated carbocycles. The van der Waals surface area contributed by atoms with Crippen molar-refractivity contribution >= 4 is 16.9 Å². The van der Waals surface area contributed by atoms with Crippen LogP contribution in [-0.2, 0) is 11.2 Å². The largest absolute Gasteiger partial charge is 0.497 e. The van der Waals surface area contributed by atoms with Crippen molar-refractivity contribution in [2.24, 2.45) is 11.8 Å². The molecule has 0 bridgehead atoms. The van der Waals surface area contributed by atoms with Crippen LogP contribution in [0.15, 0.2) is 54.9 Å². The Morgan fingerprint density at radius 3 is 2.81 bits per heavy atom. The van der Waals surface area contributed by atoms with E-state index in [0.29, 0.717) is 12.3 Å². The number of aryl methyl sites for hydroxylation is 1. The fourth-order valence-corrected chi connectivity index (χ4v) is 5.47. The van der Waals surface area contributed by atoms with Gasteiger partial charge < -0.3 is 19.8 Å². The van der Waals surface area contributed by atoms with Crippen LogP contribution in [0.4, 0.5) is 0 Å². The third-order valence-electron chi connectivity index (χ3n) is 7.45. The summed E-state index contributed by atoms with van der Waals surface area (Å²) in [5, 5.41) is 21.5. The molecule has 0 unspecified atom stereocenters. The number of ether oxygens (including phenoxy) is 1. The highest BCUT2D eigenvalue weighted by Crippen LogP contribution is 2.34. The van der Waals surface area contributed by atoms with Crippen molar-refractivity contribution < 1.29 is 19.7 Å². The quantitative estimate of drug-likeness (QED) is 0.348. The lowest BCUT2D eigenvalue weighted by molar-refractivity contribution is -0.139. The Kier molecular flexibility index (Phi) is 9.25. The summed E-state index contributed by atoms with van der Waals surface area (Å²) in [6, 6.07) is 13.6. The average molecular weight is 492 g/mol. The van der Waals surface area contributed by atoms with Crippen LogP contribution in [0.1, 0.15) is 55.9 Å². The third kappa shape index (κ3) is 7.02. The Bertz CT molecular complexity index is 1120. The smallest absolute Gasteiger partial charge is 0.303 e. The van der Waals surface area contributed by atoms with Crippen molar-refractivity contribution in [2.75, 3.05) is 26.7 Å². The summed E-state index contributed by atoms with van der Waals surface area (Å²) in [6.45, 7) is 2.78. The number of benzene rings is 1. The highest BCUT2D eigenvalue weighted by atomic mass is 16.5. The maximum atomic E-state index is 11.6. The van der Waals surface area contributed by atoms with Crippen molar-refractivity contribution in [2.45, 2.75) is 51.0 Å². The molecular formula is C29H37N3O4. The molecular weight excluding hydrogens is 454 g/mol. The number of aliphatic hydroxyl groups is 1. The number of hydrogen-bond donors (Lipinski definition) is 2. The number of piperidine rings is 1. The van der Waals surface area contributed by atoms with E-state index in [-0.39, 0.29) is 12.3 Å². The van der Waals surface area contributed by atoms with Crippen molar-refractivity contribution in [3.8, 4) is 5.75 Å². The van der Waals surface area contributed by atoms with Gasteiger partial charge >= 0.3 is 5.97 Å². The first-order valence-electron chi connectivity index (χ1n) is 13.0. The summed E-state index contributed by atoms with van der Waals surface area (Å²) in [6.07, 6.45) is 8.63. The van der Waals surface area contributed by atoms with E-state index < -0.39 is 12.1 Å². The monoisotopic (exact) mass is 491 g/mol. The number of likely N-dealkylation sites (tertiary alicyclic amines) is 1. The number of nitrogens with zero attached hydrogens (tertiary/aromatic N) is 3. The molecule has 3 atom stereocenters. The number of pyridine rings is 2. The second-order valence-corrected chi connectivity index (χ2v) is 9.86.